The number of phenols is 1. The molecule has 1 amide bonds. The summed E-state index contributed by atoms with van der Waals surface area (Å²) in [5.74, 6) is -1.00. The Morgan fingerprint density at radius 1 is 1.22 bits per heavy atom. The average molecular weight is 533 g/mol. The first-order chi connectivity index (χ1) is 17.3. The summed E-state index contributed by atoms with van der Waals surface area (Å²) >= 11 is 0. The van der Waals surface area contributed by atoms with Crippen LogP contribution in [0.5, 0.6) is 5.75 Å². The highest BCUT2D eigenvalue weighted by Gasteiger charge is 2.40. The van der Waals surface area contributed by atoms with Gasteiger partial charge in [0, 0.05) is 14.1 Å². The van der Waals surface area contributed by atoms with E-state index < -0.39 is 38.6 Å². The summed E-state index contributed by atoms with van der Waals surface area (Å²) in [5.41, 5.74) is 0.812. The molecule has 12 heteroatoms. The maximum atomic E-state index is 13.0. The van der Waals surface area contributed by atoms with Crippen molar-refractivity contribution in [2.24, 2.45) is 10.3 Å². The minimum absolute atomic E-state index is 0.00199. The second-order valence-electron chi connectivity index (χ2n) is 9.12. The van der Waals surface area contributed by atoms with E-state index in [1.54, 1.807) is 6.92 Å². The lowest BCUT2D eigenvalue weighted by molar-refractivity contribution is -0.137. The Bertz CT molecular complexity index is 1370. The number of nitrogens with zero attached hydrogens (tertiary/aromatic N) is 2. The number of carbonyl (C=O) groups is 2. The molecule has 0 spiro atoms. The van der Waals surface area contributed by atoms with Crippen molar-refractivity contribution in [1.29, 1.82) is 0 Å². The highest BCUT2D eigenvalue weighted by Crippen LogP contribution is 2.34. The molecule has 2 heterocycles. The summed E-state index contributed by atoms with van der Waals surface area (Å²) in [6.45, 7) is 9.04. The maximum absolute atomic E-state index is 13.0. The zero-order chi connectivity index (χ0) is 27.7. The molecule has 1 aromatic heterocycles. The van der Waals surface area contributed by atoms with E-state index >= 15 is 0 Å². The van der Waals surface area contributed by atoms with Gasteiger partial charge in [-0.15, -0.1) is 4.40 Å². The van der Waals surface area contributed by atoms with E-state index in [1.807, 2.05) is 33.8 Å². The van der Waals surface area contributed by atoms with Crippen molar-refractivity contribution in [3.63, 3.8) is 0 Å². The lowest BCUT2D eigenvalue weighted by atomic mass is 10.0. The molecule has 200 valence electrons. The third kappa shape index (κ3) is 5.63. The smallest absolute Gasteiger partial charge is 0.354 e. The molecule has 1 aliphatic rings. The third-order valence-corrected chi connectivity index (χ3v) is 7.09. The van der Waals surface area contributed by atoms with Crippen LogP contribution in [-0.2, 0) is 19.6 Å². The van der Waals surface area contributed by atoms with Crippen molar-refractivity contribution in [1.82, 2.24) is 10.2 Å². The summed E-state index contributed by atoms with van der Waals surface area (Å²) in [7, 11) is -1.38. The van der Waals surface area contributed by atoms with Gasteiger partial charge in [0.05, 0.1) is 23.9 Å². The number of anilines is 1. The number of esters is 1. The molecule has 0 unspecified atom stereocenters. The molecule has 0 aliphatic carbocycles. The average Bonchev–Trinajstić information content (AvgIpc) is 3.26. The van der Waals surface area contributed by atoms with E-state index in [9.17, 15) is 23.1 Å². The van der Waals surface area contributed by atoms with Crippen molar-refractivity contribution >= 4 is 33.4 Å². The van der Waals surface area contributed by atoms with E-state index in [2.05, 4.69) is 15.0 Å². The van der Waals surface area contributed by atoms with Crippen LogP contribution < -0.4 is 10.6 Å². The number of amidine groups is 1. The third-order valence-electron chi connectivity index (χ3n) is 5.78. The number of benzene rings is 1. The van der Waals surface area contributed by atoms with Crippen molar-refractivity contribution in [2.75, 3.05) is 26.0 Å². The van der Waals surface area contributed by atoms with Crippen molar-refractivity contribution in [2.45, 2.75) is 40.7 Å². The van der Waals surface area contributed by atoms with Crippen LogP contribution in [0, 0.1) is 19.8 Å². The fourth-order valence-electron chi connectivity index (χ4n) is 3.73. The van der Waals surface area contributed by atoms with Gasteiger partial charge in [-0.25, -0.2) is 4.79 Å². The molecule has 2 aromatic rings. The predicted octanol–water partition coefficient (Wildman–Crippen LogP) is 3.22. The number of aromatic hydroxyl groups is 1. The molecular formula is C25H32N4O7S. The van der Waals surface area contributed by atoms with Crippen LogP contribution in [0.2, 0.25) is 0 Å². The molecule has 0 fully saturated rings. The van der Waals surface area contributed by atoms with Gasteiger partial charge in [-0.05, 0) is 50.5 Å². The Kier molecular flexibility index (Phi) is 8.01. The first-order valence-corrected chi connectivity index (χ1v) is 13.1. The van der Waals surface area contributed by atoms with Crippen molar-refractivity contribution < 1.29 is 32.3 Å². The van der Waals surface area contributed by atoms with Gasteiger partial charge in [-0.1, -0.05) is 19.9 Å². The molecular weight excluding hydrogens is 500 g/mol. The highest BCUT2D eigenvalue weighted by molar-refractivity contribution is 7.95. The Hall–Kier alpha value is -3.80. The number of rotatable bonds is 8. The highest BCUT2D eigenvalue weighted by atomic mass is 32.2. The van der Waals surface area contributed by atoms with Gasteiger partial charge < -0.3 is 29.8 Å². The lowest BCUT2D eigenvalue weighted by Crippen LogP contribution is -2.32. The van der Waals surface area contributed by atoms with Crippen molar-refractivity contribution in [3.05, 3.63) is 57.5 Å². The number of para-hydroxylation sites is 1. The van der Waals surface area contributed by atoms with Gasteiger partial charge in [0.25, 0.3) is 15.9 Å². The number of hydrogen-bond acceptors (Lipinski definition) is 9. The van der Waals surface area contributed by atoms with Crippen LogP contribution in [0.3, 0.4) is 0 Å². The number of sulfonamides is 1. The van der Waals surface area contributed by atoms with Gasteiger partial charge in [0.1, 0.15) is 17.2 Å². The SMILES string of the molecule is CCOC(=O)C1=C(N[C@@H](c2cc(C)c(C)o2)C(C)C)C(Nc2cccc(C(=O)N(C)C)c2O)=NS1(=O)=O. The van der Waals surface area contributed by atoms with Gasteiger partial charge in [-0.3, -0.25) is 4.79 Å². The number of ether oxygens (including phenoxy) is 1. The van der Waals surface area contributed by atoms with Crippen LogP contribution >= 0.6 is 0 Å². The fourth-order valence-corrected chi connectivity index (χ4v) is 4.89. The molecule has 3 N–H and O–H groups in total. The van der Waals surface area contributed by atoms with Crippen LogP contribution in [0.1, 0.15) is 54.3 Å². The molecule has 0 saturated carbocycles. The second kappa shape index (κ2) is 10.7. The Labute approximate surface area is 216 Å². The molecule has 1 atom stereocenters. The zero-order valence-electron chi connectivity index (χ0n) is 21.9. The number of carbonyl (C=O) groups excluding carboxylic acids is 2. The van der Waals surface area contributed by atoms with Crippen LogP contribution in [0.25, 0.3) is 0 Å². The largest absolute Gasteiger partial charge is 0.505 e. The first-order valence-electron chi connectivity index (χ1n) is 11.7. The first kappa shape index (κ1) is 27.8. The van der Waals surface area contributed by atoms with Crippen LogP contribution in [0.15, 0.2) is 43.7 Å². The monoisotopic (exact) mass is 532 g/mol. The van der Waals surface area contributed by atoms with Gasteiger partial charge in [-0.2, -0.15) is 8.42 Å². The van der Waals surface area contributed by atoms with Crippen LogP contribution in [-0.4, -0.2) is 56.8 Å². The Balaban J connectivity index is 2.13. The van der Waals surface area contributed by atoms with Gasteiger partial charge in [0.2, 0.25) is 4.91 Å². The normalized spacial score (nSPS) is 15.4. The Morgan fingerprint density at radius 2 is 1.89 bits per heavy atom. The molecule has 0 bridgehead atoms. The minimum atomic E-state index is -4.46. The molecule has 3 rings (SSSR count). The number of aryl methyl sites for hydroxylation is 2. The number of phenolic OH excluding ortho intramolecular Hbond substituents is 1. The summed E-state index contributed by atoms with van der Waals surface area (Å²) in [6, 6.07) is 5.72. The molecule has 1 aromatic carbocycles. The summed E-state index contributed by atoms with van der Waals surface area (Å²) < 4.78 is 40.7. The summed E-state index contributed by atoms with van der Waals surface area (Å²) in [6.07, 6.45) is 0. The lowest BCUT2D eigenvalue weighted by Gasteiger charge is -2.24. The van der Waals surface area contributed by atoms with Gasteiger partial charge in [0.15, 0.2) is 11.6 Å². The molecule has 37 heavy (non-hydrogen) atoms. The molecule has 0 saturated heterocycles. The van der Waals surface area contributed by atoms with E-state index in [4.69, 9.17) is 9.15 Å². The molecule has 11 nitrogen and oxygen atoms in total. The summed E-state index contributed by atoms with van der Waals surface area (Å²) in [4.78, 5) is 25.9. The number of nitrogens with one attached hydrogen (secondary N) is 2. The van der Waals surface area contributed by atoms with E-state index in [-0.39, 0.29) is 35.3 Å². The second-order valence-corrected chi connectivity index (χ2v) is 10.7. The standard InChI is InChI=1S/C25H32N4O7S/c1-8-35-25(32)22-20(27-19(13(2)3)18-12-14(4)15(5)36-18)23(28-37(22,33)34)26-17-11-9-10-16(21(17)30)24(31)29(6)7/h9-13,19,27,30H,8H2,1-7H3,(H,26,28)/t19-/m1/s1. The van der Waals surface area contributed by atoms with E-state index in [0.29, 0.717) is 11.5 Å². The predicted molar refractivity (Wildman–Crippen MR) is 139 cm³/mol. The quantitative estimate of drug-likeness (QED) is 0.344. The molecule has 1 aliphatic heterocycles. The van der Waals surface area contributed by atoms with Crippen molar-refractivity contribution in [3.8, 4) is 5.75 Å². The minimum Gasteiger partial charge on any atom is -0.505 e. The topological polar surface area (TPSA) is 151 Å². The number of amides is 1. The number of hydrogen-bond donors (Lipinski definition) is 3. The van der Waals surface area contributed by atoms with E-state index in [1.165, 1.54) is 37.2 Å². The van der Waals surface area contributed by atoms with E-state index in [0.717, 1.165) is 5.56 Å². The zero-order valence-corrected chi connectivity index (χ0v) is 22.7. The fraction of sp³-hybridized carbons (Fsp3) is 0.400. The maximum Gasteiger partial charge on any atom is 0.354 e. The molecule has 0 radical (unpaired) electrons. The van der Waals surface area contributed by atoms with Crippen LogP contribution in [0.4, 0.5) is 5.69 Å². The summed E-state index contributed by atoms with van der Waals surface area (Å²) in [5, 5.41) is 16.7. The van der Waals surface area contributed by atoms with Gasteiger partial charge >= 0.3 is 5.97 Å². The number of furan rings is 1. The Morgan fingerprint density at radius 3 is 2.43 bits per heavy atom.